The molecule has 22 heavy (non-hydrogen) atoms. The molecule has 0 spiro atoms. The maximum Gasteiger partial charge on any atom is 0.261 e. The van der Waals surface area contributed by atoms with E-state index in [1.807, 2.05) is 37.2 Å². The molecule has 0 fully saturated rings. The van der Waals surface area contributed by atoms with Crippen LogP contribution in [0, 0.1) is 0 Å². The maximum atomic E-state index is 11.7. The molecule has 0 saturated heterocycles. The minimum Gasteiger partial charge on any atom is -0.377 e. The van der Waals surface area contributed by atoms with Crippen molar-refractivity contribution in [1.82, 2.24) is 25.6 Å². The van der Waals surface area contributed by atoms with E-state index < -0.39 is 0 Å². The second-order valence-electron chi connectivity index (χ2n) is 4.59. The molecule has 1 heterocycles. The van der Waals surface area contributed by atoms with E-state index >= 15 is 0 Å². The fraction of sp³-hybridized carbons (Fsp3) is 0.250. The lowest BCUT2D eigenvalue weighted by Gasteiger charge is -2.14. The summed E-state index contributed by atoms with van der Waals surface area (Å²) in [5, 5.41) is 14.3. The Kier molecular flexibility index (Phi) is 5.04. The molecule has 9 nitrogen and oxygen atoms in total. The standard InChI is InChI=1S/C12H15BrN8O/c1-20(2)10-4-3-8(5-9(10)13)6-15-16-11(22)7-21-12(14)17-18-19-21/h3-6H,7H2,1-2H3,(H,16,22)(H2,14,17,19). The van der Waals surface area contributed by atoms with E-state index in [0.717, 1.165) is 15.7 Å². The highest BCUT2D eigenvalue weighted by Crippen LogP contribution is 2.25. The number of tetrazole rings is 1. The van der Waals surface area contributed by atoms with Gasteiger partial charge in [-0.15, -0.1) is 0 Å². The lowest BCUT2D eigenvalue weighted by Crippen LogP contribution is -2.24. The summed E-state index contributed by atoms with van der Waals surface area (Å²) < 4.78 is 2.11. The number of halogens is 1. The normalized spacial score (nSPS) is 10.9. The van der Waals surface area contributed by atoms with Gasteiger partial charge < -0.3 is 10.6 Å². The Balaban J connectivity index is 1.93. The number of nitrogens with zero attached hydrogens (tertiary/aromatic N) is 6. The highest BCUT2D eigenvalue weighted by molar-refractivity contribution is 9.10. The van der Waals surface area contributed by atoms with Crippen LogP contribution in [0.25, 0.3) is 0 Å². The quantitative estimate of drug-likeness (QED) is 0.578. The Hall–Kier alpha value is -2.49. The molecule has 1 aromatic heterocycles. The lowest BCUT2D eigenvalue weighted by atomic mass is 10.2. The monoisotopic (exact) mass is 366 g/mol. The first-order valence-electron chi connectivity index (χ1n) is 6.28. The van der Waals surface area contributed by atoms with Crippen LogP contribution in [-0.2, 0) is 11.3 Å². The number of nitrogen functional groups attached to an aromatic ring is 1. The van der Waals surface area contributed by atoms with Crippen molar-refractivity contribution < 1.29 is 4.79 Å². The summed E-state index contributed by atoms with van der Waals surface area (Å²) in [5.74, 6) is -0.304. The van der Waals surface area contributed by atoms with E-state index in [2.05, 4.69) is 42.0 Å². The van der Waals surface area contributed by atoms with Crippen molar-refractivity contribution in [3.05, 3.63) is 28.2 Å². The molecule has 0 aliphatic rings. The summed E-state index contributed by atoms with van der Waals surface area (Å²) in [7, 11) is 3.91. The van der Waals surface area contributed by atoms with Gasteiger partial charge in [0.15, 0.2) is 0 Å². The number of benzene rings is 1. The molecule has 0 aliphatic carbocycles. The largest absolute Gasteiger partial charge is 0.377 e. The van der Waals surface area contributed by atoms with Gasteiger partial charge in [-0.2, -0.15) is 5.10 Å². The summed E-state index contributed by atoms with van der Waals surface area (Å²) in [6.07, 6.45) is 1.55. The van der Waals surface area contributed by atoms with E-state index in [4.69, 9.17) is 5.73 Å². The Bertz CT molecular complexity index is 696. The van der Waals surface area contributed by atoms with Crippen molar-refractivity contribution in [3.8, 4) is 0 Å². The van der Waals surface area contributed by atoms with Gasteiger partial charge in [0.1, 0.15) is 6.54 Å². The molecule has 0 aliphatic heterocycles. The van der Waals surface area contributed by atoms with Crippen molar-refractivity contribution in [2.75, 3.05) is 24.7 Å². The zero-order chi connectivity index (χ0) is 16.1. The van der Waals surface area contributed by atoms with Crippen LogP contribution in [0.15, 0.2) is 27.8 Å². The van der Waals surface area contributed by atoms with Gasteiger partial charge in [0.25, 0.3) is 5.91 Å². The lowest BCUT2D eigenvalue weighted by molar-refractivity contribution is -0.121. The molecule has 3 N–H and O–H groups in total. The number of anilines is 2. The van der Waals surface area contributed by atoms with E-state index in [9.17, 15) is 4.79 Å². The number of aromatic nitrogens is 4. The Morgan fingerprint density at radius 1 is 1.55 bits per heavy atom. The fourth-order valence-electron chi connectivity index (χ4n) is 1.64. The molecule has 2 aromatic rings. The SMILES string of the molecule is CN(C)c1ccc(C=NNC(=O)Cn2nnnc2N)cc1Br. The molecule has 0 saturated carbocycles. The summed E-state index contributed by atoms with van der Waals surface area (Å²) in [6, 6.07) is 5.76. The van der Waals surface area contributed by atoms with Crippen LogP contribution in [0.1, 0.15) is 5.56 Å². The van der Waals surface area contributed by atoms with Crippen molar-refractivity contribution in [2.45, 2.75) is 6.54 Å². The van der Waals surface area contributed by atoms with Gasteiger partial charge in [0, 0.05) is 18.6 Å². The number of rotatable bonds is 5. The van der Waals surface area contributed by atoms with Crippen molar-refractivity contribution in [2.24, 2.45) is 5.10 Å². The van der Waals surface area contributed by atoms with Gasteiger partial charge >= 0.3 is 0 Å². The molecular formula is C12H15BrN8O. The van der Waals surface area contributed by atoms with Crippen LogP contribution in [-0.4, -0.2) is 46.4 Å². The predicted octanol–water partition coefficient (Wildman–Crippen LogP) is 0.234. The molecular weight excluding hydrogens is 352 g/mol. The highest BCUT2D eigenvalue weighted by Gasteiger charge is 2.06. The number of hydrazone groups is 1. The van der Waals surface area contributed by atoms with Gasteiger partial charge in [0.05, 0.1) is 11.9 Å². The molecule has 116 valence electrons. The second-order valence-corrected chi connectivity index (χ2v) is 5.45. The maximum absolute atomic E-state index is 11.7. The van der Waals surface area contributed by atoms with E-state index in [1.54, 1.807) is 6.21 Å². The summed E-state index contributed by atoms with van der Waals surface area (Å²) >= 11 is 3.49. The third kappa shape index (κ3) is 4.01. The van der Waals surface area contributed by atoms with Gasteiger partial charge in [0.2, 0.25) is 5.95 Å². The Morgan fingerprint density at radius 2 is 2.32 bits per heavy atom. The van der Waals surface area contributed by atoms with Crippen molar-refractivity contribution in [1.29, 1.82) is 0 Å². The number of nitrogens with one attached hydrogen (secondary N) is 1. The number of hydrogen-bond acceptors (Lipinski definition) is 7. The number of nitrogens with two attached hydrogens (primary N) is 1. The van der Waals surface area contributed by atoms with E-state index in [0.29, 0.717) is 0 Å². The summed E-state index contributed by atoms with van der Waals surface area (Å²) in [5.41, 5.74) is 9.75. The molecule has 10 heteroatoms. The van der Waals surface area contributed by atoms with Crippen LogP contribution in [0.3, 0.4) is 0 Å². The van der Waals surface area contributed by atoms with Crippen LogP contribution in [0.4, 0.5) is 11.6 Å². The molecule has 0 bridgehead atoms. The van der Waals surface area contributed by atoms with Gasteiger partial charge in [-0.05, 0) is 44.1 Å². The zero-order valence-corrected chi connectivity index (χ0v) is 13.6. The molecule has 0 atom stereocenters. The molecule has 2 rings (SSSR count). The third-order valence-corrected chi connectivity index (χ3v) is 3.34. The Labute approximate surface area is 135 Å². The van der Waals surface area contributed by atoms with Crippen molar-refractivity contribution >= 4 is 39.7 Å². The third-order valence-electron chi connectivity index (χ3n) is 2.71. The molecule has 1 amide bonds. The van der Waals surface area contributed by atoms with Gasteiger partial charge in [-0.1, -0.05) is 11.2 Å². The van der Waals surface area contributed by atoms with Crippen LogP contribution in [0.2, 0.25) is 0 Å². The highest BCUT2D eigenvalue weighted by atomic mass is 79.9. The van der Waals surface area contributed by atoms with Crippen LogP contribution in [0.5, 0.6) is 0 Å². The van der Waals surface area contributed by atoms with Crippen molar-refractivity contribution in [3.63, 3.8) is 0 Å². The molecule has 0 unspecified atom stereocenters. The number of amides is 1. The average molecular weight is 367 g/mol. The van der Waals surface area contributed by atoms with Crippen LogP contribution < -0.4 is 16.1 Å². The number of carbonyl (C=O) groups excluding carboxylic acids is 1. The summed E-state index contributed by atoms with van der Waals surface area (Å²) in [6.45, 7) is -0.0978. The smallest absolute Gasteiger partial charge is 0.261 e. The minimum absolute atomic E-state index is 0.0716. The van der Waals surface area contributed by atoms with Crippen LogP contribution >= 0.6 is 15.9 Å². The Morgan fingerprint density at radius 3 is 2.91 bits per heavy atom. The van der Waals surface area contributed by atoms with E-state index in [1.165, 1.54) is 4.68 Å². The van der Waals surface area contributed by atoms with E-state index in [-0.39, 0.29) is 18.4 Å². The first-order valence-corrected chi connectivity index (χ1v) is 7.07. The topological polar surface area (TPSA) is 114 Å². The van der Waals surface area contributed by atoms with Gasteiger partial charge in [-0.3, -0.25) is 4.79 Å². The summed E-state index contributed by atoms with van der Waals surface area (Å²) in [4.78, 5) is 13.6. The zero-order valence-electron chi connectivity index (χ0n) is 12.1. The van der Waals surface area contributed by atoms with Gasteiger partial charge in [-0.25, -0.2) is 10.1 Å². The number of hydrogen-bond donors (Lipinski definition) is 2. The second kappa shape index (κ2) is 6.98. The number of carbonyl (C=O) groups is 1. The minimum atomic E-state index is -0.376. The average Bonchev–Trinajstić information content (AvgIpc) is 2.84. The fourth-order valence-corrected chi connectivity index (χ4v) is 2.39. The molecule has 0 radical (unpaired) electrons. The first kappa shape index (κ1) is 15.9. The first-order chi connectivity index (χ1) is 10.5. The molecule has 1 aromatic carbocycles. The predicted molar refractivity (Wildman–Crippen MR) is 86.4 cm³/mol.